The van der Waals surface area contributed by atoms with Crippen molar-refractivity contribution in [1.82, 2.24) is 4.98 Å². The van der Waals surface area contributed by atoms with Crippen molar-refractivity contribution in [3.8, 4) is 0 Å². The standard InChI is InChI=1S/C13H14ClFN2O2S/c1-2-17(13-6-4-3-5-12(13)15)20(18,19)11-7-10(8-14)16-9-11/h3-7,9,16H,2,8H2,1H3. The van der Waals surface area contributed by atoms with Crippen LogP contribution in [0.1, 0.15) is 12.6 Å². The zero-order valence-corrected chi connectivity index (χ0v) is 12.4. The topological polar surface area (TPSA) is 53.2 Å². The van der Waals surface area contributed by atoms with Gasteiger partial charge in [-0.15, -0.1) is 11.6 Å². The molecule has 0 fully saturated rings. The van der Waals surface area contributed by atoms with Gasteiger partial charge in [-0.2, -0.15) is 0 Å². The second-order valence-corrected chi connectivity index (χ2v) is 6.25. The molecule has 0 radical (unpaired) electrons. The third-order valence-corrected chi connectivity index (χ3v) is 5.01. The first-order valence-electron chi connectivity index (χ1n) is 6.01. The van der Waals surface area contributed by atoms with E-state index in [1.54, 1.807) is 13.0 Å². The zero-order chi connectivity index (χ0) is 14.8. The predicted molar refractivity (Wildman–Crippen MR) is 77.0 cm³/mol. The van der Waals surface area contributed by atoms with E-state index in [0.29, 0.717) is 5.69 Å². The van der Waals surface area contributed by atoms with Gasteiger partial charge in [-0.3, -0.25) is 4.31 Å². The van der Waals surface area contributed by atoms with Crippen molar-refractivity contribution in [3.05, 3.63) is 48.0 Å². The minimum Gasteiger partial charge on any atom is -0.363 e. The SMILES string of the molecule is CCN(c1ccccc1F)S(=O)(=O)c1c[nH]c(CCl)c1. The lowest BCUT2D eigenvalue weighted by Gasteiger charge is -2.22. The Morgan fingerprint density at radius 1 is 1.35 bits per heavy atom. The third kappa shape index (κ3) is 2.66. The average Bonchev–Trinajstić information content (AvgIpc) is 2.91. The maximum atomic E-state index is 13.8. The van der Waals surface area contributed by atoms with Gasteiger partial charge in [0.2, 0.25) is 0 Å². The van der Waals surface area contributed by atoms with Crippen LogP contribution >= 0.6 is 11.6 Å². The van der Waals surface area contributed by atoms with E-state index in [9.17, 15) is 12.8 Å². The molecule has 0 aliphatic carbocycles. The molecule has 1 aromatic carbocycles. The Labute approximate surface area is 122 Å². The van der Waals surface area contributed by atoms with E-state index in [0.717, 1.165) is 4.31 Å². The number of anilines is 1. The first-order valence-corrected chi connectivity index (χ1v) is 7.98. The van der Waals surface area contributed by atoms with Gasteiger partial charge in [-0.25, -0.2) is 12.8 Å². The molecule has 2 rings (SSSR count). The Hall–Kier alpha value is -1.53. The molecule has 1 aromatic heterocycles. The Bertz CT molecular complexity index is 700. The van der Waals surface area contributed by atoms with Gasteiger partial charge in [0.15, 0.2) is 0 Å². The molecule has 0 unspecified atom stereocenters. The summed E-state index contributed by atoms with van der Waals surface area (Å²) in [5.41, 5.74) is 0.624. The number of nitrogens with one attached hydrogen (secondary N) is 1. The van der Waals surface area contributed by atoms with E-state index in [2.05, 4.69) is 4.98 Å². The number of H-pyrrole nitrogens is 1. The molecular formula is C13H14ClFN2O2S. The van der Waals surface area contributed by atoms with Gasteiger partial charge in [0.05, 0.1) is 11.6 Å². The summed E-state index contributed by atoms with van der Waals surface area (Å²) in [7, 11) is -3.81. The minimum atomic E-state index is -3.81. The highest BCUT2D eigenvalue weighted by molar-refractivity contribution is 7.92. The molecule has 20 heavy (non-hydrogen) atoms. The summed E-state index contributed by atoms with van der Waals surface area (Å²) in [5.74, 6) is -0.396. The van der Waals surface area contributed by atoms with Gasteiger partial charge in [-0.05, 0) is 25.1 Å². The Balaban J connectivity index is 2.48. The summed E-state index contributed by atoms with van der Waals surface area (Å²) < 4.78 is 39.9. The molecule has 0 amide bonds. The maximum absolute atomic E-state index is 13.8. The molecule has 7 heteroatoms. The Morgan fingerprint density at radius 2 is 2.05 bits per heavy atom. The van der Waals surface area contributed by atoms with Crippen LogP contribution in [0.2, 0.25) is 0 Å². The van der Waals surface area contributed by atoms with E-state index in [-0.39, 0.29) is 23.0 Å². The average molecular weight is 317 g/mol. The highest BCUT2D eigenvalue weighted by Crippen LogP contribution is 2.26. The predicted octanol–water partition coefficient (Wildman–Crippen LogP) is 3.11. The van der Waals surface area contributed by atoms with E-state index >= 15 is 0 Å². The number of nitrogens with zero attached hydrogens (tertiary/aromatic N) is 1. The molecule has 4 nitrogen and oxygen atoms in total. The van der Waals surface area contributed by atoms with Crippen LogP contribution in [0.15, 0.2) is 41.4 Å². The fourth-order valence-corrected chi connectivity index (χ4v) is 3.55. The van der Waals surface area contributed by atoms with Crippen molar-refractivity contribution in [3.63, 3.8) is 0 Å². The minimum absolute atomic E-state index is 0.0311. The van der Waals surface area contributed by atoms with E-state index in [4.69, 9.17) is 11.6 Å². The van der Waals surface area contributed by atoms with Gasteiger partial charge in [0.1, 0.15) is 10.7 Å². The van der Waals surface area contributed by atoms with E-state index < -0.39 is 15.8 Å². The number of aromatic amines is 1. The summed E-state index contributed by atoms with van der Waals surface area (Å²) in [5, 5.41) is 0. The number of hydrogen-bond donors (Lipinski definition) is 1. The van der Waals surface area contributed by atoms with Gasteiger partial charge in [0, 0.05) is 18.4 Å². The van der Waals surface area contributed by atoms with E-state index in [1.165, 1.54) is 30.5 Å². The summed E-state index contributed by atoms with van der Waals surface area (Å²) in [6.07, 6.45) is 1.36. The normalized spacial score (nSPS) is 11.6. The summed E-state index contributed by atoms with van der Waals surface area (Å²) >= 11 is 5.65. The molecular weight excluding hydrogens is 303 g/mol. The van der Waals surface area contributed by atoms with Crippen LogP contribution in [-0.4, -0.2) is 19.9 Å². The van der Waals surface area contributed by atoms with E-state index in [1.807, 2.05) is 0 Å². The van der Waals surface area contributed by atoms with Crippen molar-refractivity contribution in [2.24, 2.45) is 0 Å². The van der Waals surface area contributed by atoms with Gasteiger partial charge < -0.3 is 4.98 Å². The highest BCUT2D eigenvalue weighted by Gasteiger charge is 2.26. The third-order valence-electron chi connectivity index (χ3n) is 2.86. The largest absolute Gasteiger partial charge is 0.363 e. The molecule has 0 bridgehead atoms. The number of hydrogen-bond acceptors (Lipinski definition) is 2. The van der Waals surface area contributed by atoms with Crippen LogP contribution in [0, 0.1) is 5.82 Å². The van der Waals surface area contributed by atoms with Crippen LogP contribution in [-0.2, 0) is 15.9 Å². The fraction of sp³-hybridized carbons (Fsp3) is 0.231. The second-order valence-electron chi connectivity index (χ2n) is 4.12. The van der Waals surface area contributed by atoms with Crippen LogP contribution in [0.5, 0.6) is 0 Å². The first-order chi connectivity index (χ1) is 9.50. The fourth-order valence-electron chi connectivity index (χ4n) is 1.90. The second kappa shape index (κ2) is 5.85. The van der Waals surface area contributed by atoms with Crippen molar-refractivity contribution >= 4 is 27.3 Å². The summed E-state index contributed by atoms with van der Waals surface area (Å²) in [4.78, 5) is 2.84. The number of sulfonamides is 1. The molecule has 0 saturated carbocycles. The van der Waals surface area contributed by atoms with Gasteiger partial charge >= 0.3 is 0 Å². The molecule has 0 atom stereocenters. The van der Waals surface area contributed by atoms with Crippen LogP contribution in [0.25, 0.3) is 0 Å². The first kappa shape index (κ1) is 14.9. The van der Waals surface area contributed by atoms with Crippen molar-refractivity contribution in [2.45, 2.75) is 17.7 Å². The number of para-hydroxylation sites is 1. The zero-order valence-electron chi connectivity index (χ0n) is 10.8. The summed E-state index contributed by atoms with van der Waals surface area (Å²) in [6, 6.07) is 7.23. The molecule has 1 heterocycles. The number of halogens is 2. The van der Waals surface area contributed by atoms with Gasteiger partial charge in [0.25, 0.3) is 10.0 Å². The lowest BCUT2D eigenvalue weighted by molar-refractivity contribution is 0.586. The molecule has 108 valence electrons. The monoisotopic (exact) mass is 316 g/mol. The molecule has 0 aliphatic heterocycles. The molecule has 2 aromatic rings. The number of alkyl halides is 1. The molecule has 1 N–H and O–H groups in total. The van der Waals surface area contributed by atoms with Crippen LogP contribution in [0.3, 0.4) is 0 Å². The number of aromatic nitrogens is 1. The molecule has 0 spiro atoms. The van der Waals surface area contributed by atoms with Crippen molar-refractivity contribution in [1.29, 1.82) is 0 Å². The Kier molecular flexibility index (Phi) is 4.35. The highest BCUT2D eigenvalue weighted by atomic mass is 35.5. The number of rotatable bonds is 5. The van der Waals surface area contributed by atoms with Crippen LogP contribution < -0.4 is 4.31 Å². The van der Waals surface area contributed by atoms with Crippen molar-refractivity contribution in [2.75, 3.05) is 10.8 Å². The smallest absolute Gasteiger partial charge is 0.265 e. The maximum Gasteiger partial charge on any atom is 0.265 e. The molecule has 0 aliphatic rings. The van der Waals surface area contributed by atoms with Gasteiger partial charge in [-0.1, -0.05) is 12.1 Å². The lowest BCUT2D eigenvalue weighted by atomic mass is 10.3. The van der Waals surface area contributed by atoms with Crippen LogP contribution in [0.4, 0.5) is 10.1 Å². The quantitative estimate of drug-likeness (QED) is 0.862. The lowest BCUT2D eigenvalue weighted by Crippen LogP contribution is -2.31. The van der Waals surface area contributed by atoms with Crippen molar-refractivity contribution < 1.29 is 12.8 Å². The summed E-state index contributed by atoms with van der Waals surface area (Å²) in [6.45, 7) is 1.78. The number of benzene rings is 1. The molecule has 0 saturated heterocycles. The Morgan fingerprint density at radius 3 is 2.60 bits per heavy atom.